The Kier molecular flexibility index (Phi) is 3.96. The predicted octanol–water partition coefficient (Wildman–Crippen LogP) is 2.56. The molecule has 0 atom stereocenters. The lowest BCUT2D eigenvalue weighted by Gasteiger charge is -2.09. The zero-order chi connectivity index (χ0) is 14.5. The number of pyridine rings is 1. The summed E-state index contributed by atoms with van der Waals surface area (Å²) in [5, 5.41) is 14.8. The number of benzene rings is 1. The van der Waals surface area contributed by atoms with Crippen LogP contribution in [0.2, 0.25) is 0 Å². The highest BCUT2D eigenvalue weighted by Crippen LogP contribution is 2.19. The van der Waals surface area contributed by atoms with Crippen LogP contribution in [0.25, 0.3) is 0 Å². The molecule has 5 heteroatoms. The molecule has 2 rings (SSSR count). The molecule has 5 nitrogen and oxygen atoms in total. The normalized spacial score (nSPS) is 9.65. The van der Waals surface area contributed by atoms with Crippen LogP contribution in [0.15, 0.2) is 36.5 Å². The van der Waals surface area contributed by atoms with Gasteiger partial charge in [0.2, 0.25) is 0 Å². The standard InChI is InChI=1S/C15H14N4O/c1-10-4-3-5-13(12(10)9-16)19-15(20)11-6-7-18-14(8-11)17-2/h3-8H,1-2H3,(H,17,18)(H,19,20). The maximum absolute atomic E-state index is 12.2. The highest BCUT2D eigenvalue weighted by atomic mass is 16.1. The van der Waals surface area contributed by atoms with E-state index in [1.807, 2.05) is 13.0 Å². The number of hydrogen-bond acceptors (Lipinski definition) is 4. The zero-order valence-electron chi connectivity index (χ0n) is 11.3. The number of nitrogens with one attached hydrogen (secondary N) is 2. The summed E-state index contributed by atoms with van der Waals surface area (Å²) in [5.41, 5.74) is 2.30. The largest absolute Gasteiger partial charge is 0.373 e. The van der Waals surface area contributed by atoms with Crippen molar-refractivity contribution in [3.63, 3.8) is 0 Å². The second-order valence-corrected chi connectivity index (χ2v) is 4.24. The summed E-state index contributed by atoms with van der Waals surface area (Å²) in [6, 6.07) is 10.7. The average molecular weight is 266 g/mol. The first-order chi connectivity index (χ1) is 9.65. The first-order valence-electron chi connectivity index (χ1n) is 6.10. The van der Waals surface area contributed by atoms with Gasteiger partial charge in [-0.1, -0.05) is 12.1 Å². The summed E-state index contributed by atoms with van der Waals surface area (Å²) in [4.78, 5) is 16.2. The minimum Gasteiger partial charge on any atom is -0.373 e. The highest BCUT2D eigenvalue weighted by molar-refractivity contribution is 6.05. The van der Waals surface area contributed by atoms with Gasteiger partial charge in [0.25, 0.3) is 5.91 Å². The number of carbonyl (C=O) groups is 1. The Balaban J connectivity index is 2.28. The second kappa shape index (κ2) is 5.85. The quantitative estimate of drug-likeness (QED) is 0.895. The molecule has 2 aromatic rings. The van der Waals surface area contributed by atoms with Crippen LogP contribution in [0.3, 0.4) is 0 Å². The molecule has 0 fully saturated rings. The van der Waals surface area contributed by atoms with E-state index in [-0.39, 0.29) is 5.91 Å². The molecule has 0 aliphatic rings. The maximum atomic E-state index is 12.2. The van der Waals surface area contributed by atoms with Gasteiger partial charge >= 0.3 is 0 Å². The van der Waals surface area contributed by atoms with Crippen molar-refractivity contribution >= 4 is 17.4 Å². The van der Waals surface area contributed by atoms with Gasteiger partial charge in [-0.05, 0) is 30.7 Å². The smallest absolute Gasteiger partial charge is 0.255 e. The minimum absolute atomic E-state index is 0.272. The fourth-order valence-electron chi connectivity index (χ4n) is 1.82. The molecule has 2 N–H and O–H groups in total. The molecule has 100 valence electrons. The Morgan fingerprint density at radius 1 is 1.35 bits per heavy atom. The number of aryl methyl sites for hydroxylation is 1. The van der Waals surface area contributed by atoms with Crippen molar-refractivity contribution in [2.75, 3.05) is 17.7 Å². The molecule has 0 unspecified atom stereocenters. The van der Waals surface area contributed by atoms with Gasteiger partial charge in [0.05, 0.1) is 11.3 Å². The SMILES string of the molecule is CNc1cc(C(=O)Nc2cccc(C)c2C#N)ccn1. The van der Waals surface area contributed by atoms with Gasteiger partial charge in [-0.15, -0.1) is 0 Å². The van der Waals surface area contributed by atoms with Crippen LogP contribution in [0.5, 0.6) is 0 Å². The molecule has 1 heterocycles. The van der Waals surface area contributed by atoms with Crippen LogP contribution in [0.1, 0.15) is 21.5 Å². The van der Waals surface area contributed by atoms with Crippen molar-refractivity contribution in [3.8, 4) is 6.07 Å². The fourth-order valence-corrected chi connectivity index (χ4v) is 1.82. The lowest BCUT2D eigenvalue weighted by molar-refractivity contribution is 0.102. The van der Waals surface area contributed by atoms with Gasteiger partial charge in [-0.2, -0.15) is 5.26 Å². The molecule has 0 aliphatic heterocycles. The van der Waals surface area contributed by atoms with Gasteiger partial charge in [-0.25, -0.2) is 4.98 Å². The van der Waals surface area contributed by atoms with Crippen molar-refractivity contribution < 1.29 is 4.79 Å². The second-order valence-electron chi connectivity index (χ2n) is 4.24. The van der Waals surface area contributed by atoms with Gasteiger partial charge in [0, 0.05) is 18.8 Å². The number of carbonyl (C=O) groups excluding carboxylic acids is 1. The van der Waals surface area contributed by atoms with E-state index in [0.29, 0.717) is 22.6 Å². The number of aromatic nitrogens is 1. The molecule has 1 amide bonds. The Labute approximate surface area is 117 Å². The van der Waals surface area contributed by atoms with Crippen LogP contribution in [0, 0.1) is 18.3 Å². The zero-order valence-corrected chi connectivity index (χ0v) is 11.3. The molecule has 1 aromatic carbocycles. The summed E-state index contributed by atoms with van der Waals surface area (Å²) in [6.45, 7) is 1.83. The Morgan fingerprint density at radius 3 is 2.85 bits per heavy atom. The van der Waals surface area contributed by atoms with Gasteiger partial charge in [0.15, 0.2) is 0 Å². The molecule has 0 saturated heterocycles. The van der Waals surface area contributed by atoms with Crippen LogP contribution in [0.4, 0.5) is 11.5 Å². The van der Waals surface area contributed by atoms with Crippen molar-refractivity contribution in [1.29, 1.82) is 5.26 Å². The summed E-state index contributed by atoms with van der Waals surface area (Å²) in [7, 11) is 1.73. The number of amides is 1. The number of nitrogens with zero attached hydrogens (tertiary/aromatic N) is 2. The first kappa shape index (κ1) is 13.6. The van der Waals surface area contributed by atoms with Crippen LogP contribution >= 0.6 is 0 Å². The van der Waals surface area contributed by atoms with Crippen molar-refractivity contribution in [2.45, 2.75) is 6.92 Å². The molecule has 20 heavy (non-hydrogen) atoms. The summed E-state index contributed by atoms with van der Waals surface area (Å²) >= 11 is 0. The fraction of sp³-hybridized carbons (Fsp3) is 0.133. The number of anilines is 2. The minimum atomic E-state index is -0.272. The molecular weight excluding hydrogens is 252 g/mol. The van der Waals surface area contributed by atoms with E-state index in [9.17, 15) is 4.79 Å². The molecule has 0 bridgehead atoms. The van der Waals surface area contributed by atoms with E-state index in [4.69, 9.17) is 5.26 Å². The van der Waals surface area contributed by atoms with Crippen LogP contribution in [-0.2, 0) is 0 Å². The van der Waals surface area contributed by atoms with Gasteiger partial charge in [0.1, 0.15) is 11.9 Å². The highest BCUT2D eigenvalue weighted by Gasteiger charge is 2.11. The molecule has 0 spiro atoms. The third-order valence-corrected chi connectivity index (χ3v) is 2.91. The topological polar surface area (TPSA) is 77.8 Å². The molecule has 0 radical (unpaired) electrons. The maximum Gasteiger partial charge on any atom is 0.255 e. The van der Waals surface area contributed by atoms with E-state index < -0.39 is 0 Å². The average Bonchev–Trinajstić information content (AvgIpc) is 2.47. The Hall–Kier alpha value is -2.87. The Morgan fingerprint density at radius 2 is 2.15 bits per heavy atom. The lowest BCUT2D eigenvalue weighted by atomic mass is 10.1. The van der Waals surface area contributed by atoms with E-state index in [1.54, 1.807) is 37.5 Å². The Bertz CT molecular complexity index is 689. The summed E-state index contributed by atoms with van der Waals surface area (Å²) < 4.78 is 0. The predicted molar refractivity (Wildman–Crippen MR) is 77.6 cm³/mol. The third-order valence-electron chi connectivity index (χ3n) is 2.91. The number of hydrogen-bond donors (Lipinski definition) is 2. The van der Waals surface area contributed by atoms with E-state index >= 15 is 0 Å². The molecule has 0 aliphatic carbocycles. The van der Waals surface area contributed by atoms with Gasteiger partial charge in [-0.3, -0.25) is 4.79 Å². The van der Waals surface area contributed by atoms with Crippen molar-refractivity contribution in [2.24, 2.45) is 0 Å². The number of nitriles is 1. The summed E-state index contributed by atoms with van der Waals surface area (Å²) in [5.74, 6) is 0.341. The lowest BCUT2D eigenvalue weighted by Crippen LogP contribution is -2.13. The van der Waals surface area contributed by atoms with E-state index in [0.717, 1.165) is 5.56 Å². The van der Waals surface area contributed by atoms with Crippen LogP contribution < -0.4 is 10.6 Å². The summed E-state index contributed by atoms with van der Waals surface area (Å²) in [6.07, 6.45) is 1.56. The first-order valence-corrected chi connectivity index (χ1v) is 6.10. The van der Waals surface area contributed by atoms with Crippen LogP contribution in [-0.4, -0.2) is 17.9 Å². The molecular formula is C15H14N4O. The van der Waals surface area contributed by atoms with Gasteiger partial charge < -0.3 is 10.6 Å². The molecule has 1 aromatic heterocycles. The number of rotatable bonds is 3. The monoisotopic (exact) mass is 266 g/mol. The van der Waals surface area contributed by atoms with Crippen molar-refractivity contribution in [3.05, 3.63) is 53.2 Å². The van der Waals surface area contributed by atoms with E-state index in [1.165, 1.54) is 0 Å². The van der Waals surface area contributed by atoms with E-state index in [2.05, 4.69) is 21.7 Å². The molecule has 0 saturated carbocycles. The van der Waals surface area contributed by atoms with Crippen molar-refractivity contribution in [1.82, 2.24) is 4.98 Å². The third kappa shape index (κ3) is 2.75.